The molecular formula is C16H13F3N4O3. The largest absolute Gasteiger partial charge is 0.442 e. The number of amides is 3. The average Bonchev–Trinajstić information content (AvgIpc) is 3.33. The molecule has 2 heterocycles. The Morgan fingerprint density at radius 2 is 1.81 bits per heavy atom. The number of nitrogens with zero attached hydrogens (tertiary/aromatic N) is 3. The summed E-state index contributed by atoms with van der Waals surface area (Å²) < 4.78 is 39.0. The van der Waals surface area contributed by atoms with Gasteiger partial charge in [0.05, 0.1) is 0 Å². The average molecular weight is 366 g/mol. The van der Waals surface area contributed by atoms with E-state index in [-0.39, 0.29) is 30.6 Å². The number of benzene rings is 1. The Morgan fingerprint density at radius 3 is 2.38 bits per heavy atom. The molecule has 0 saturated carbocycles. The highest BCUT2D eigenvalue weighted by atomic mass is 19.4. The molecule has 0 unspecified atom stereocenters. The maximum atomic E-state index is 13.0. The lowest BCUT2D eigenvalue weighted by Gasteiger charge is -2.16. The molecule has 0 aromatic heterocycles. The zero-order valence-electron chi connectivity index (χ0n) is 13.3. The van der Waals surface area contributed by atoms with Crippen molar-refractivity contribution in [1.82, 2.24) is 4.90 Å². The second-order valence-electron chi connectivity index (χ2n) is 5.76. The zero-order chi connectivity index (χ0) is 18.9. The number of nitrogens with one attached hydrogen (secondary N) is 1. The standard InChI is InChI=1S/C16H13F3N4O3/c17-16(18,19)15(21-22-15)10-3-1-4-11(9-10)20-12(24)5-2-8-23-13(25)6-7-14(23)26/h1,3-4,6-7,9H,2,5,8H2,(H,20,24). The third-order valence-corrected chi connectivity index (χ3v) is 3.93. The number of hydrogen-bond donors (Lipinski definition) is 1. The Labute approximate surface area is 145 Å². The van der Waals surface area contributed by atoms with Crippen LogP contribution in [0.5, 0.6) is 0 Å². The summed E-state index contributed by atoms with van der Waals surface area (Å²) in [5, 5.41) is 8.72. The lowest BCUT2D eigenvalue weighted by molar-refractivity contribution is -0.166. The maximum absolute atomic E-state index is 13.0. The Balaban J connectivity index is 1.55. The second-order valence-corrected chi connectivity index (χ2v) is 5.76. The van der Waals surface area contributed by atoms with Crippen LogP contribution in [0.3, 0.4) is 0 Å². The van der Waals surface area contributed by atoms with E-state index < -0.39 is 29.6 Å². The summed E-state index contributed by atoms with van der Waals surface area (Å²) in [6, 6.07) is 5.23. The topological polar surface area (TPSA) is 91.2 Å². The van der Waals surface area contributed by atoms with E-state index in [1.54, 1.807) is 0 Å². The maximum Gasteiger partial charge on any atom is 0.442 e. The van der Waals surface area contributed by atoms with Crippen LogP contribution in [0.25, 0.3) is 0 Å². The van der Waals surface area contributed by atoms with Gasteiger partial charge in [0.2, 0.25) is 5.91 Å². The fourth-order valence-corrected chi connectivity index (χ4v) is 2.53. The van der Waals surface area contributed by atoms with E-state index in [9.17, 15) is 27.6 Å². The number of rotatable bonds is 6. The highest BCUT2D eigenvalue weighted by Crippen LogP contribution is 2.52. The third kappa shape index (κ3) is 3.35. The van der Waals surface area contributed by atoms with Crippen molar-refractivity contribution in [2.45, 2.75) is 24.7 Å². The number of imide groups is 1. The summed E-state index contributed by atoms with van der Waals surface area (Å²) in [6.07, 6.45) is -2.10. The van der Waals surface area contributed by atoms with Crippen LogP contribution in [0.15, 0.2) is 46.6 Å². The van der Waals surface area contributed by atoms with Gasteiger partial charge in [-0.3, -0.25) is 19.3 Å². The van der Waals surface area contributed by atoms with Crippen LogP contribution in [-0.4, -0.2) is 35.3 Å². The van der Waals surface area contributed by atoms with Crippen LogP contribution >= 0.6 is 0 Å². The van der Waals surface area contributed by atoms with Crippen molar-refractivity contribution in [3.8, 4) is 0 Å². The first-order chi connectivity index (χ1) is 12.2. The molecule has 1 N–H and O–H groups in total. The molecule has 1 aromatic rings. The lowest BCUT2D eigenvalue weighted by atomic mass is 10.0. The summed E-state index contributed by atoms with van der Waals surface area (Å²) >= 11 is 0. The van der Waals surface area contributed by atoms with Gasteiger partial charge in [-0.1, -0.05) is 12.1 Å². The van der Waals surface area contributed by atoms with Crippen molar-refractivity contribution in [2.75, 3.05) is 11.9 Å². The SMILES string of the molecule is O=C(CCCN1C(=O)C=CC1=O)Nc1cccc(C2(C(F)(F)F)N=N2)c1. The first kappa shape index (κ1) is 17.8. The molecule has 0 bridgehead atoms. The molecule has 10 heteroatoms. The molecule has 0 fully saturated rings. The van der Waals surface area contributed by atoms with Crippen molar-refractivity contribution in [3.63, 3.8) is 0 Å². The molecule has 0 aliphatic carbocycles. The van der Waals surface area contributed by atoms with Gasteiger partial charge in [0.25, 0.3) is 11.8 Å². The highest BCUT2D eigenvalue weighted by molar-refractivity contribution is 6.12. The number of carbonyl (C=O) groups is 3. The fourth-order valence-electron chi connectivity index (χ4n) is 2.53. The van der Waals surface area contributed by atoms with E-state index in [4.69, 9.17) is 0 Å². The van der Waals surface area contributed by atoms with Crippen molar-refractivity contribution < 1.29 is 27.6 Å². The first-order valence-corrected chi connectivity index (χ1v) is 7.68. The monoisotopic (exact) mass is 366 g/mol. The predicted molar refractivity (Wildman–Crippen MR) is 82.8 cm³/mol. The molecule has 3 amide bonds. The Bertz CT molecular complexity index is 808. The van der Waals surface area contributed by atoms with Gasteiger partial charge < -0.3 is 5.32 Å². The molecule has 2 aliphatic heterocycles. The smallest absolute Gasteiger partial charge is 0.326 e. The molecule has 136 valence electrons. The van der Waals surface area contributed by atoms with Crippen molar-refractivity contribution in [1.29, 1.82) is 0 Å². The summed E-state index contributed by atoms with van der Waals surface area (Å²) in [4.78, 5) is 35.7. The van der Waals surface area contributed by atoms with Gasteiger partial charge in [-0.2, -0.15) is 13.2 Å². The van der Waals surface area contributed by atoms with Gasteiger partial charge >= 0.3 is 11.8 Å². The van der Waals surface area contributed by atoms with Crippen LogP contribution in [0, 0.1) is 0 Å². The Hall–Kier alpha value is -3.04. The number of alkyl halides is 3. The van der Waals surface area contributed by atoms with E-state index in [1.807, 2.05) is 0 Å². The van der Waals surface area contributed by atoms with Crippen molar-refractivity contribution in [3.05, 3.63) is 42.0 Å². The predicted octanol–water partition coefficient (Wildman–Crippen LogP) is 2.51. The number of halogens is 3. The summed E-state index contributed by atoms with van der Waals surface area (Å²) in [6.45, 7) is 0.0903. The minimum atomic E-state index is -4.64. The summed E-state index contributed by atoms with van der Waals surface area (Å²) in [7, 11) is 0. The first-order valence-electron chi connectivity index (χ1n) is 7.68. The lowest BCUT2D eigenvalue weighted by Crippen LogP contribution is -2.31. The molecule has 3 rings (SSSR count). The van der Waals surface area contributed by atoms with Crippen LogP contribution < -0.4 is 5.32 Å². The molecule has 2 aliphatic rings. The van der Waals surface area contributed by atoms with E-state index in [0.717, 1.165) is 17.1 Å². The van der Waals surface area contributed by atoms with Gasteiger partial charge in [-0.15, -0.1) is 10.2 Å². The molecule has 0 radical (unpaired) electrons. The van der Waals surface area contributed by atoms with Gasteiger partial charge in [0.15, 0.2) is 0 Å². The van der Waals surface area contributed by atoms with Crippen LogP contribution in [0.4, 0.5) is 18.9 Å². The van der Waals surface area contributed by atoms with E-state index in [0.29, 0.717) is 0 Å². The summed E-state index contributed by atoms with van der Waals surface area (Å²) in [5.74, 6) is -1.31. The minimum absolute atomic E-state index is 0.000448. The molecule has 0 spiro atoms. The zero-order valence-corrected chi connectivity index (χ0v) is 13.3. The number of anilines is 1. The normalized spacial score (nSPS) is 17.7. The third-order valence-electron chi connectivity index (χ3n) is 3.93. The van der Waals surface area contributed by atoms with Gasteiger partial charge in [0, 0.05) is 36.4 Å². The van der Waals surface area contributed by atoms with E-state index in [2.05, 4.69) is 15.5 Å². The number of hydrogen-bond acceptors (Lipinski definition) is 5. The molecule has 26 heavy (non-hydrogen) atoms. The molecule has 0 saturated heterocycles. The van der Waals surface area contributed by atoms with Crippen molar-refractivity contribution in [2.24, 2.45) is 10.2 Å². The Morgan fingerprint density at radius 1 is 1.15 bits per heavy atom. The van der Waals surface area contributed by atoms with Crippen LogP contribution in [0.2, 0.25) is 0 Å². The summed E-state index contributed by atoms with van der Waals surface area (Å²) in [5.41, 5.74) is -2.54. The highest BCUT2D eigenvalue weighted by Gasteiger charge is 2.65. The molecule has 7 nitrogen and oxygen atoms in total. The minimum Gasteiger partial charge on any atom is -0.326 e. The Kier molecular flexibility index (Phi) is 4.34. The van der Waals surface area contributed by atoms with Gasteiger partial charge in [0.1, 0.15) is 0 Å². The molecule has 1 aromatic carbocycles. The number of carbonyl (C=O) groups excluding carboxylic acids is 3. The van der Waals surface area contributed by atoms with Gasteiger partial charge in [-0.05, 0) is 18.6 Å². The second kappa shape index (κ2) is 6.36. The van der Waals surface area contributed by atoms with E-state index in [1.165, 1.54) is 24.3 Å². The van der Waals surface area contributed by atoms with E-state index >= 15 is 0 Å². The quantitative estimate of drug-likeness (QED) is 0.784. The van der Waals surface area contributed by atoms with Crippen molar-refractivity contribution >= 4 is 23.4 Å². The van der Waals surface area contributed by atoms with Crippen LogP contribution in [-0.2, 0) is 20.0 Å². The van der Waals surface area contributed by atoms with Crippen LogP contribution in [0.1, 0.15) is 18.4 Å². The molecular weight excluding hydrogens is 353 g/mol. The molecule has 0 atom stereocenters. The van der Waals surface area contributed by atoms with Gasteiger partial charge in [-0.25, -0.2) is 0 Å². The fraction of sp³-hybridized carbons (Fsp3) is 0.312.